The average molecular weight is 304 g/mol. The first-order chi connectivity index (χ1) is 10.8. The van der Waals surface area contributed by atoms with E-state index in [4.69, 9.17) is 4.74 Å². The topological polar surface area (TPSA) is 35.0 Å². The number of hydrogen-bond acceptors (Lipinski definition) is 3. The number of ether oxygens (including phenoxy) is 1. The molecule has 0 N–H and O–H groups in total. The molecule has 2 rings (SSSR count). The minimum Gasteiger partial charge on any atom is -0.477 e. The second-order valence-corrected chi connectivity index (χ2v) is 6.71. The lowest BCUT2D eigenvalue weighted by Gasteiger charge is -2.28. The van der Waals surface area contributed by atoms with Gasteiger partial charge in [0.15, 0.2) is 0 Å². The van der Waals surface area contributed by atoms with Crippen molar-refractivity contribution in [2.75, 3.05) is 6.61 Å². The van der Waals surface area contributed by atoms with E-state index in [2.05, 4.69) is 30.1 Å². The standard InChI is InChI=1S/C19H32N2O/c1-3-5-7-8-16-9-11-17(12-10-16)18-13-14-19(21-20-18)22-15-6-4-2/h13-14,16-17H,3-12,15H2,1-2H3/t16-,17-. The Morgan fingerprint density at radius 1 is 0.955 bits per heavy atom. The lowest BCUT2D eigenvalue weighted by molar-refractivity contribution is 0.287. The first-order valence-corrected chi connectivity index (χ1v) is 9.29. The van der Waals surface area contributed by atoms with Crippen molar-refractivity contribution in [3.63, 3.8) is 0 Å². The van der Waals surface area contributed by atoms with Gasteiger partial charge in [-0.3, -0.25) is 0 Å². The summed E-state index contributed by atoms with van der Waals surface area (Å²) < 4.78 is 5.59. The van der Waals surface area contributed by atoms with Crippen LogP contribution in [0.1, 0.15) is 89.7 Å². The molecule has 1 aromatic rings. The van der Waals surface area contributed by atoms with Gasteiger partial charge in [-0.25, -0.2) is 0 Å². The summed E-state index contributed by atoms with van der Waals surface area (Å²) in [6.45, 7) is 5.19. The first-order valence-electron chi connectivity index (χ1n) is 9.29. The van der Waals surface area contributed by atoms with Crippen molar-refractivity contribution >= 4 is 0 Å². The number of nitrogens with zero attached hydrogens (tertiary/aromatic N) is 2. The van der Waals surface area contributed by atoms with Gasteiger partial charge in [-0.15, -0.1) is 5.10 Å². The zero-order valence-corrected chi connectivity index (χ0v) is 14.4. The molecule has 0 amide bonds. The molecule has 1 aromatic heterocycles. The van der Waals surface area contributed by atoms with Crippen LogP contribution < -0.4 is 4.74 Å². The number of aromatic nitrogens is 2. The molecule has 1 aliphatic carbocycles. The van der Waals surface area contributed by atoms with E-state index in [1.807, 2.05) is 6.07 Å². The van der Waals surface area contributed by atoms with E-state index in [1.54, 1.807) is 0 Å². The van der Waals surface area contributed by atoms with E-state index in [0.717, 1.165) is 31.1 Å². The predicted octanol–water partition coefficient (Wildman–Crippen LogP) is 5.51. The Morgan fingerprint density at radius 2 is 1.73 bits per heavy atom. The highest BCUT2D eigenvalue weighted by Gasteiger charge is 2.23. The summed E-state index contributed by atoms with van der Waals surface area (Å²) in [5, 5.41) is 8.64. The van der Waals surface area contributed by atoms with Crippen LogP contribution in [0.4, 0.5) is 0 Å². The first kappa shape index (κ1) is 17.2. The zero-order valence-electron chi connectivity index (χ0n) is 14.4. The minimum absolute atomic E-state index is 0.611. The molecule has 3 heteroatoms. The van der Waals surface area contributed by atoms with Crippen LogP contribution in [0, 0.1) is 5.92 Å². The highest BCUT2D eigenvalue weighted by molar-refractivity contribution is 5.15. The molecule has 0 saturated heterocycles. The quantitative estimate of drug-likeness (QED) is 0.564. The molecule has 3 nitrogen and oxygen atoms in total. The molecule has 22 heavy (non-hydrogen) atoms. The zero-order chi connectivity index (χ0) is 15.6. The average Bonchev–Trinajstić information content (AvgIpc) is 2.57. The summed E-state index contributed by atoms with van der Waals surface area (Å²) in [6.07, 6.45) is 13.1. The molecule has 0 radical (unpaired) electrons. The van der Waals surface area contributed by atoms with Gasteiger partial charge in [0.25, 0.3) is 0 Å². The summed E-state index contributed by atoms with van der Waals surface area (Å²) in [6, 6.07) is 4.11. The largest absolute Gasteiger partial charge is 0.477 e. The van der Waals surface area contributed by atoms with Crippen LogP contribution in [0.25, 0.3) is 0 Å². The van der Waals surface area contributed by atoms with Gasteiger partial charge in [0.05, 0.1) is 12.3 Å². The van der Waals surface area contributed by atoms with Crippen LogP contribution in [-0.4, -0.2) is 16.8 Å². The van der Waals surface area contributed by atoms with E-state index >= 15 is 0 Å². The van der Waals surface area contributed by atoms with Gasteiger partial charge in [-0.2, -0.15) is 5.10 Å². The van der Waals surface area contributed by atoms with Crippen LogP contribution >= 0.6 is 0 Å². The van der Waals surface area contributed by atoms with Crippen LogP contribution in [0.3, 0.4) is 0 Å². The van der Waals surface area contributed by atoms with Crippen molar-refractivity contribution in [3.05, 3.63) is 17.8 Å². The van der Waals surface area contributed by atoms with E-state index in [0.29, 0.717) is 11.8 Å². The summed E-state index contributed by atoms with van der Waals surface area (Å²) in [4.78, 5) is 0. The van der Waals surface area contributed by atoms with Gasteiger partial charge in [0.1, 0.15) is 0 Å². The van der Waals surface area contributed by atoms with Crippen molar-refractivity contribution in [2.45, 2.75) is 84.0 Å². The molecule has 1 saturated carbocycles. The molecule has 0 aliphatic heterocycles. The maximum Gasteiger partial charge on any atom is 0.233 e. The lowest BCUT2D eigenvalue weighted by atomic mass is 9.78. The summed E-state index contributed by atoms with van der Waals surface area (Å²) in [5.41, 5.74) is 1.16. The third-order valence-electron chi connectivity index (χ3n) is 4.89. The highest BCUT2D eigenvalue weighted by Crippen LogP contribution is 2.37. The van der Waals surface area contributed by atoms with Gasteiger partial charge in [-0.05, 0) is 44.1 Å². The van der Waals surface area contributed by atoms with Crippen molar-refractivity contribution in [1.29, 1.82) is 0 Å². The normalized spacial score (nSPS) is 21.7. The van der Waals surface area contributed by atoms with Crippen molar-refractivity contribution in [2.24, 2.45) is 5.92 Å². The Kier molecular flexibility index (Phi) is 7.68. The third-order valence-corrected chi connectivity index (χ3v) is 4.89. The Hall–Kier alpha value is -1.12. The lowest BCUT2D eigenvalue weighted by Crippen LogP contribution is -2.14. The SMILES string of the molecule is CCCCC[C@H]1CC[C@H](c2ccc(OCCCC)nn2)CC1. The smallest absolute Gasteiger partial charge is 0.233 e. The number of rotatable bonds is 9. The molecule has 1 aliphatic rings. The van der Waals surface area contributed by atoms with E-state index in [1.165, 1.54) is 51.4 Å². The molecule has 0 unspecified atom stereocenters. The molecule has 1 heterocycles. The molecular weight excluding hydrogens is 272 g/mol. The van der Waals surface area contributed by atoms with E-state index < -0.39 is 0 Å². The highest BCUT2D eigenvalue weighted by atomic mass is 16.5. The van der Waals surface area contributed by atoms with Crippen LogP contribution in [0.2, 0.25) is 0 Å². The Balaban J connectivity index is 1.74. The Bertz CT molecular complexity index is 396. The second-order valence-electron chi connectivity index (χ2n) is 6.71. The summed E-state index contributed by atoms with van der Waals surface area (Å²) >= 11 is 0. The van der Waals surface area contributed by atoms with Crippen LogP contribution in [-0.2, 0) is 0 Å². The van der Waals surface area contributed by atoms with Crippen molar-refractivity contribution < 1.29 is 4.74 Å². The molecule has 0 spiro atoms. The fraction of sp³-hybridized carbons (Fsp3) is 0.789. The van der Waals surface area contributed by atoms with Gasteiger partial charge in [0.2, 0.25) is 5.88 Å². The second kappa shape index (κ2) is 9.81. The van der Waals surface area contributed by atoms with E-state index in [9.17, 15) is 0 Å². The van der Waals surface area contributed by atoms with Gasteiger partial charge in [0, 0.05) is 12.0 Å². The maximum absolute atomic E-state index is 5.59. The minimum atomic E-state index is 0.611. The summed E-state index contributed by atoms with van der Waals surface area (Å²) in [5.74, 6) is 2.23. The fourth-order valence-corrected chi connectivity index (χ4v) is 3.38. The number of unbranched alkanes of at least 4 members (excludes halogenated alkanes) is 3. The maximum atomic E-state index is 5.59. The predicted molar refractivity (Wildman–Crippen MR) is 91.3 cm³/mol. The number of hydrogen-bond donors (Lipinski definition) is 0. The molecule has 124 valence electrons. The molecule has 0 atom stereocenters. The molecule has 0 bridgehead atoms. The summed E-state index contributed by atoms with van der Waals surface area (Å²) in [7, 11) is 0. The molecule has 0 aromatic carbocycles. The van der Waals surface area contributed by atoms with Gasteiger partial charge in [-0.1, -0.05) is 46.0 Å². The van der Waals surface area contributed by atoms with Crippen LogP contribution in [0.5, 0.6) is 5.88 Å². The Morgan fingerprint density at radius 3 is 2.36 bits per heavy atom. The third kappa shape index (κ3) is 5.58. The van der Waals surface area contributed by atoms with E-state index in [-0.39, 0.29) is 0 Å². The Labute approximate surface area is 135 Å². The fourth-order valence-electron chi connectivity index (χ4n) is 3.38. The van der Waals surface area contributed by atoms with Crippen molar-refractivity contribution in [1.82, 2.24) is 10.2 Å². The monoisotopic (exact) mass is 304 g/mol. The van der Waals surface area contributed by atoms with Gasteiger partial charge < -0.3 is 4.74 Å². The van der Waals surface area contributed by atoms with Crippen molar-refractivity contribution in [3.8, 4) is 5.88 Å². The molecule has 1 fully saturated rings. The van der Waals surface area contributed by atoms with Gasteiger partial charge >= 0.3 is 0 Å². The van der Waals surface area contributed by atoms with Crippen LogP contribution in [0.15, 0.2) is 12.1 Å². The molecular formula is C19H32N2O.